The molecular formula is C14H21NO2. The Morgan fingerprint density at radius 2 is 1.76 bits per heavy atom. The molecule has 0 aliphatic carbocycles. The van der Waals surface area contributed by atoms with Gasteiger partial charge in [-0.2, -0.15) is 0 Å². The molecule has 0 saturated carbocycles. The minimum Gasteiger partial charge on any atom is -0.444 e. The summed E-state index contributed by atoms with van der Waals surface area (Å²) in [5.41, 5.74) is 1.82. The number of ether oxygens (including phenoxy) is 1. The van der Waals surface area contributed by atoms with Gasteiger partial charge in [-0.3, -0.25) is 0 Å². The van der Waals surface area contributed by atoms with E-state index in [0.717, 1.165) is 5.56 Å². The normalized spacial score (nSPS) is 13.0. The van der Waals surface area contributed by atoms with E-state index in [-0.39, 0.29) is 12.1 Å². The summed E-state index contributed by atoms with van der Waals surface area (Å²) in [6, 6.07) is 8.03. The lowest BCUT2D eigenvalue weighted by Crippen LogP contribution is -2.34. The summed E-state index contributed by atoms with van der Waals surface area (Å²) in [6.45, 7) is 9.53. The van der Waals surface area contributed by atoms with E-state index >= 15 is 0 Å². The van der Waals surface area contributed by atoms with Gasteiger partial charge in [0.1, 0.15) is 5.60 Å². The van der Waals surface area contributed by atoms with Gasteiger partial charge < -0.3 is 10.1 Å². The van der Waals surface area contributed by atoms with Gasteiger partial charge >= 0.3 is 6.09 Å². The van der Waals surface area contributed by atoms with Crippen LogP contribution in [-0.4, -0.2) is 11.7 Å². The molecule has 3 nitrogen and oxygen atoms in total. The van der Waals surface area contributed by atoms with Gasteiger partial charge in [-0.25, -0.2) is 4.79 Å². The van der Waals surface area contributed by atoms with Crippen LogP contribution in [-0.2, 0) is 4.74 Å². The summed E-state index contributed by atoms with van der Waals surface area (Å²) in [5, 5.41) is 2.81. The van der Waals surface area contributed by atoms with Gasteiger partial charge in [-0.05, 0) is 40.2 Å². The van der Waals surface area contributed by atoms with Crippen molar-refractivity contribution in [1.82, 2.24) is 5.32 Å². The van der Waals surface area contributed by atoms with Crippen LogP contribution in [0.2, 0.25) is 0 Å². The number of nitrogens with one attached hydrogen (secondary N) is 1. The number of hydrogen-bond acceptors (Lipinski definition) is 2. The van der Waals surface area contributed by atoms with Crippen molar-refractivity contribution in [3.8, 4) is 0 Å². The zero-order valence-corrected chi connectivity index (χ0v) is 11.2. The number of hydrogen-bond donors (Lipinski definition) is 1. The molecule has 0 heterocycles. The second kappa shape index (κ2) is 5.21. The predicted octanol–water partition coefficient (Wildman–Crippen LogP) is 3.58. The highest BCUT2D eigenvalue weighted by Crippen LogP contribution is 2.14. The summed E-state index contributed by atoms with van der Waals surface area (Å²) in [4.78, 5) is 11.6. The Bertz CT molecular complexity index is 376. The molecule has 0 unspecified atom stereocenters. The highest BCUT2D eigenvalue weighted by Gasteiger charge is 2.18. The molecule has 0 aliphatic heterocycles. The number of alkyl carbamates (subject to hydrolysis) is 1. The second-order valence-electron chi connectivity index (χ2n) is 5.28. The Kier molecular flexibility index (Phi) is 4.16. The van der Waals surface area contributed by atoms with E-state index in [4.69, 9.17) is 4.74 Å². The van der Waals surface area contributed by atoms with Crippen LogP contribution < -0.4 is 5.32 Å². The molecule has 0 aliphatic rings. The Balaban J connectivity index is 2.57. The van der Waals surface area contributed by atoms with E-state index in [0.29, 0.717) is 0 Å². The Morgan fingerprint density at radius 1 is 1.24 bits per heavy atom. The van der Waals surface area contributed by atoms with Crippen LogP contribution in [0.25, 0.3) is 0 Å². The molecular weight excluding hydrogens is 214 g/mol. The molecule has 94 valence electrons. The van der Waals surface area contributed by atoms with Crippen LogP contribution in [0, 0.1) is 6.92 Å². The number of amides is 1. The number of aryl methyl sites for hydroxylation is 1. The number of carbonyl (C=O) groups is 1. The fraction of sp³-hybridized carbons (Fsp3) is 0.500. The van der Waals surface area contributed by atoms with Gasteiger partial charge in [-0.1, -0.05) is 29.8 Å². The zero-order chi connectivity index (χ0) is 13.1. The number of rotatable bonds is 2. The molecule has 1 amide bonds. The van der Waals surface area contributed by atoms with Crippen molar-refractivity contribution in [2.75, 3.05) is 0 Å². The van der Waals surface area contributed by atoms with Crippen molar-refractivity contribution in [1.29, 1.82) is 0 Å². The number of carbonyl (C=O) groups excluding carboxylic acids is 1. The summed E-state index contributed by atoms with van der Waals surface area (Å²) >= 11 is 0. The Hall–Kier alpha value is -1.51. The molecule has 1 N–H and O–H groups in total. The SMILES string of the molecule is Cc1ccc([C@H](C)NC(=O)OC(C)(C)C)cc1. The second-order valence-corrected chi connectivity index (χ2v) is 5.28. The molecule has 3 heteroatoms. The minimum absolute atomic E-state index is 0.0505. The fourth-order valence-corrected chi connectivity index (χ4v) is 1.42. The van der Waals surface area contributed by atoms with Gasteiger partial charge in [0.05, 0.1) is 6.04 Å². The zero-order valence-electron chi connectivity index (χ0n) is 11.2. The maximum Gasteiger partial charge on any atom is 0.408 e. The van der Waals surface area contributed by atoms with Crippen LogP contribution in [0.5, 0.6) is 0 Å². The third-order valence-corrected chi connectivity index (χ3v) is 2.31. The largest absolute Gasteiger partial charge is 0.444 e. The van der Waals surface area contributed by atoms with Crippen LogP contribution in [0.15, 0.2) is 24.3 Å². The van der Waals surface area contributed by atoms with E-state index in [2.05, 4.69) is 5.32 Å². The van der Waals surface area contributed by atoms with Gasteiger partial charge in [0.2, 0.25) is 0 Å². The molecule has 0 aromatic heterocycles. The maximum atomic E-state index is 11.6. The summed E-state index contributed by atoms with van der Waals surface area (Å²) in [5.74, 6) is 0. The molecule has 0 saturated heterocycles. The molecule has 1 atom stereocenters. The molecule has 0 spiro atoms. The third-order valence-electron chi connectivity index (χ3n) is 2.31. The standard InChI is InChI=1S/C14H21NO2/c1-10-6-8-12(9-7-10)11(2)15-13(16)17-14(3,4)5/h6-9,11H,1-5H3,(H,15,16)/t11-/m0/s1. The van der Waals surface area contributed by atoms with Crippen LogP contribution >= 0.6 is 0 Å². The van der Waals surface area contributed by atoms with Crippen LogP contribution in [0.3, 0.4) is 0 Å². The van der Waals surface area contributed by atoms with Crippen molar-refractivity contribution in [2.24, 2.45) is 0 Å². The average Bonchev–Trinajstić information content (AvgIpc) is 2.15. The van der Waals surface area contributed by atoms with Crippen LogP contribution in [0.4, 0.5) is 4.79 Å². The topological polar surface area (TPSA) is 38.3 Å². The first-order valence-corrected chi connectivity index (χ1v) is 5.84. The third kappa shape index (κ3) is 4.89. The smallest absolute Gasteiger partial charge is 0.408 e. The monoisotopic (exact) mass is 235 g/mol. The summed E-state index contributed by atoms with van der Waals surface area (Å²) in [7, 11) is 0. The van der Waals surface area contributed by atoms with E-state index in [1.165, 1.54) is 5.56 Å². The predicted molar refractivity (Wildman–Crippen MR) is 69.0 cm³/mol. The molecule has 0 radical (unpaired) electrons. The first-order valence-electron chi connectivity index (χ1n) is 5.84. The van der Waals surface area contributed by atoms with E-state index in [1.54, 1.807) is 0 Å². The highest BCUT2D eigenvalue weighted by molar-refractivity contribution is 5.68. The maximum absolute atomic E-state index is 11.6. The lowest BCUT2D eigenvalue weighted by molar-refractivity contribution is 0.0508. The quantitative estimate of drug-likeness (QED) is 0.850. The minimum atomic E-state index is -0.461. The number of benzene rings is 1. The molecule has 1 rings (SSSR count). The molecule has 17 heavy (non-hydrogen) atoms. The van der Waals surface area contributed by atoms with Gasteiger partial charge in [0.25, 0.3) is 0 Å². The first kappa shape index (κ1) is 13.6. The lowest BCUT2D eigenvalue weighted by atomic mass is 10.1. The van der Waals surface area contributed by atoms with E-state index < -0.39 is 5.60 Å². The van der Waals surface area contributed by atoms with Crippen molar-refractivity contribution in [2.45, 2.75) is 46.3 Å². The molecule has 0 bridgehead atoms. The molecule has 1 aromatic carbocycles. The Labute approximate surface area is 103 Å². The lowest BCUT2D eigenvalue weighted by Gasteiger charge is -2.22. The van der Waals surface area contributed by atoms with E-state index in [9.17, 15) is 4.79 Å². The fourth-order valence-electron chi connectivity index (χ4n) is 1.42. The van der Waals surface area contributed by atoms with Crippen molar-refractivity contribution in [3.63, 3.8) is 0 Å². The molecule has 1 aromatic rings. The van der Waals surface area contributed by atoms with Gasteiger partial charge in [0.15, 0.2) is 0 Å². The first-order chi connectivity index (χ1) is 7.78. The molecule has 0 fully saturated rings. The average molecular weight is 235 g/mol. The summed E-state index contributed by atoms with van der Waals surface area (Å²) < 4.78 is 5.20. The van der Waals surface area contributed by atoms with Crippen molar-refractivity contribution < 1.29 is 9.53 Å². The highest BCUT2D eigenvalue weighted by atomic mass is 16.6. The summed E-state index contributed by atoms with van der Waals surface area (Å²) in [6.07, 6.45) is -0.384. The van der Waals surface area contributed by atoms with Crippen molar-refractivity contribution in [3.05, 3.63) is 35.4 Å². The Morgan fingerprint density at radius 3 is 2.24 bits per heavy atom. The van der Waals surface area contributed by atoms with Gasteiger partial charge in [0, 0.05) is 0 Å². The van der Waals surface area contributed by atoms with Crippen LogP contribution in [0.1, 0.15) is 44.9 Å². The van der Waals surface area contributed by atoms with Crippen molar-refractivity contribution >= 4 is 6.09 Å². The van der Waals surface area contributed by atoms with E-state index in [1.807, 2.05) is 58.9 Å². The van der Waals surface area contributed by atoms with Gasteiger partial charge in [-0.15, -0.1) is 0 Å².